The summed E-state index contributed by atoms with van der Waals surface area (Å²) in [5.41, 5.74) is 2.41. The third-order valence-corrected chi connectivity index (χ3v) is 4.85. The molecule has 0 atom stereocenters. The maximum absolute atomic E-state index is 12.9. The van der Waals surface area contributed by atoms with Crippen LogP contribution < -0.4 is 10.6 Å². The highest BCUT2D eigenvalue weighted by molar-refractivity contribution is 7.80. The number of anilines is 1. The van der Waals surface area contributed by atoms with Gasteiger partial charge in [0.15, 0.2) is 5.11 Å². The molecule has 24 heavy (non-hydrogen) atoms. The first-order chi connectivity index (χ1) is 11.5. The van der Waals surface area contributed by atoms with Crippen molar-refractivity contribution in [2.45, 2.75) is 26.8 Å². The lowest BCUT2D eigenvalue weighted by molar-refractivity contribution is 0.0601. The quantitative estimate of drug-likeness (QED) is 0.618. The molecule has 0 spiro atoms. The van der Waals surface area contributed by atoms with E-state index in [0.29, 0.717) is 22.2 Å². The van der Waals surface area contributed by atoms with E-state index in [0.717, 1.165) is 22.4 Å². The fourth-order valence-electron chi connectivity index (χ4n) is 2.34. The third kappa shape index (κ3) is 4.30. The zero-order valence-corrected chi connectivity index (χ0v) is 15.4. The Labute approximate surface area is 150 Å². The molecule has 4 nitrogen and oxygen atoms in total. The highest BCUT2D eigenvalue weighted by Gasteiger charge is 2.22. The fraction of sp³-hybridized carbons (Fsp3) is 0.294. The van der Waals surface area contributed by atoms with Crippen LogP contribution in [0.25, 0.3) is 0 Å². The molecule has 7 heteroatoms. The number of rotatable bonds is 5. The zero-order valence-electron chi connectivity index (χ0n) is 13.7. The van der Waals surface area contributed by atoms with E-state index in [9.17, 15) is 9.18 Å². The first-order valence-corrected chi connectivity index (χ1v) is 8.68. The molecule has 0 aliphatic heterocycles. The van der Waals surface area contributed by atoms with Gasteiger partial charge in [0.1, 0.15) is 10.8 Å². The van der Waals surface area contributed by atoms with Gasteiger partial charge >= 0.3 is 5.97 Å². The van der Waals surface area contributed by atoms with Crippen LogP contribution >= 0.6 is 23.6 Å². The topological polar surface area (TPSA) is 50.4 Å². The number of nitrogens with one attached hydrogen (secondary N) is 2. The van der Waals surface area contributed by atoms with Crippen molar-refractivity contribution in [2.75, 3.05) is 12.4 Å². The van der Waals surface area contributed by atoms with E-state index >= 15 is 0 Å². The minimum atomic E-state index is -0.375. The van der Waals surface area contributed by atoms with Crippen molar-refractivity contribution in [3.05, 3.63) is 51.7 Å². The Morgan fingerprint density at radius 2 is 2.00 bits per heavy atom. The Morgan fingerprint density at radius 1 is 1.33 bits per heavy atom. The van der Waals surface area contributed by atoms with E-state index in [2.05, 4.69) is 10.6 Å². The maximum Gasteiger partial charge on any atom is 0.341 e. The van der Waals surface area contributed by atoms with Crippen molar-refractivity contribution in [2.24, 2.45) is 0 Å². The Balaban J connectivity index is 2.08. The van der Waals surface area contributed by atoms with Crippen LogP contribution in [0, 0.1) is 12.7 Å². The van der Waals surface area contributed by atoms with Crippen LogP contribution in [0.2, 0.25) is 0 Å². The summed E-state index contributed by atoms with van der Waals surface area (Å²) < 4.78 is 17.8. The van der Waals surface area contributed by atoms with E-state index in [-0.39, 0.29) is 11.8 Å². The Hall–Kier alpha value is -1.99. The number of carbonyl (C=O) groups excluding carboxylic acids is 1. The molecule has 2 rings (SSSR count). The number of halogens is 1. The molecule has 1 aromatic carbocycles. The van der Waals surface area contributed by atoms with Crippen molar-refractivity contribution < 1.29 is 13.9 Å². The standard InChI is InChI=1S/C17H19FN2O2S2/c1-4-13-10(2)24-15(14(13)16(21)22-3)20-17(23)19-9-11-5-7-12(18)8-6-11/h5-8H,4,9H2,1-3H3,(H2,19,20,23). The fourth-order valence-corrected chi connectivity index (χ4v) is 3.72. The molecular weight excluding hydrogens is 347 g/mol. The first-order valence-electron chi connectivity index (χ1n) is 7.46. The van der Waals surface area contributed by atoms with Crippen LogP contribution in [-0.4, -0.2) is 18.2 Å². The van der Waals surface area contributed by atoms with Gasteiger partial charge in [-0.1, -0.05) is 19.1 Å². The van der Waals surface area contributed by atoms with Crippen LogP contribution in [0.15, 0.2) is 24.3 Å². The summed E-state index contributed by atoms with van der Waals surface area (Å²) in [6.45, 7) is 4.43. The summed E-state index contributed by atoms with van der Waals surface area (Å²) in [5.74, 6) is -0.650. The molecule has 0 amide bonds. The summed E-state index contributed by atoms with van der Waals surface area (Å²) >= 11 is 6.76. The van der Waals surface area contributed by atoms with Crippen LogP contribution in [-0.2, 0) is 17.7 Å². The molecule has 0 saturated heterocycles. The molecule has 0 bridgehead atoms. The number of benzene rings is 1. The largest absolute Gasteiger partial charge is 0.465 e. The van der Waals surface area contributed by atoms with Gasteiger partial charge in [-0.05, 0) is 48.8 Å². The predicted molar refractivity (Wildman–Crippen MR) is 99.2 cm³/mol. The zero-order chi connectivity index (χ0) is 17.7. The van der Waals surface area contributed by atoms with E-state index in [1.54, 1.807) is 12.1 Å². The van der Waals surface area contributed by atoms with Gasteiger partial charge in [0.05, 0.1) is 12.7 Å². The molecule has 0 radical (unpaired) electrons. The number of esters is 1. The smallest absolute Gasteiger partial charge is 0.341 e. The van der Waals surface area contributed by atoms with E-state index < -0.39 is 0 Å². The first kappa shape index (κ1) is 18.4. The van der Waals surface area contributed by atoms with Crippen LogP contribution in [0.1, 0.15) is 33.3 Å². The number of thiophene rings is 1. The van der Waals surface area contributed by atoms with Crippen LogP contribution in [0.4, 0.5) is 9.39 Å². The summed E-state index contributed by atoms with van der Waals surface area (Å²) in [5, 5.41) is 7.19. The lowest BCUT2D eigenvalue weighted by Gasteiger charge is -2.11. The van der Waals surface area contributed by atoms with E-state index in [1.807, 2.05) is 13.8 Å². The van der Waals surface area contributed by atoms with Gasteiger partial charge in [-0.15, -0.1) is 11.3 Å². The van der Waals surface area contributed by atoms with Crippen LogP contribution in [0.5, 0.6) is 0 Å². The highest BCUT2D eigenvalue weighted by atomic mass is 32.1. The second-order valence-corrected chi connectivity index (χ2v) is 6.75. The molecule has 0 aliphatic rings. The molecule has 2 N–H and O–H groups in total. The molecular formula is C17H19FN2O2S2. The second-order valence-electron chi connectivity index (χ2n) is 5.12. The minimum absolute atomic E-state index is 0.275. The average Bonchev–Trinajstić information content (AvgIpc) is 2.88. The number of thiocarbonyl (C=S) groups is 1. The maximum atomic E-state index is 12.9. The molecule has 0 aliphatic carbocycles. The Bertz CT molecular complexity index is 742. The number of aryl methyl sites for hydroxylation is 1. The lowest BCUT2D eigenvalue weighted by atomic mass is 10.1. The van der Waals surface area contributed by atoms with Gasteiger partial charge in [-0.3, -0.25) is 0 Å². The summed E-state index contributed by atoms with van der Waals surface area (Å²) in [7, 11) is 1.36. The minimum Gasteiger partial charge on any atom is -0.465 e. The van der Waals surface area contributed by atoms with Crippen molar-refractivity contribution in [1.82, 2.24) is 5.32 Å². The Morgan fingerprint density at radius 3 is 2.58 bits per heavy atom. The Kier molecular flexibility index (Phi) is 6.28. The number of methoxy groups -OCH3 is 1. The van der Waals surface area contributed by atoms with Gasteiger partial charge in [0, 0.05) is 11.4 Å². The lowest BCUT2D eigenvalue weighted by Crippen LogP contribution is -2.28. The van der Waals surface area contributed by atoms with Gasteiger partial charge in [-0.25, -0.2) is 9.18 Å². The van der Waals surface area contributed by atoms with Crippen LogP contribution in [0.3, 0.4) is 0 Å². The number of hydrogen-bond acceptors (Lipinski definition) is 4. The molecule has 0 fully saturated rings. The summed E-state index contributed by atoms with van der Waals surface area (Å²) in [6.07, 6.45) is 0.740. The molecule has 2 aromatic rings. The number of carbonyl (C=O) groups is 1. The van der Waals surface area contributed by atoms with Crippen molar-refractivity contribution in [1.29, 1.82) is 0 Å². The molecule has 1 aromatic heterocycles. The molecule has 0 unspecified atom stereocenters. The van der Waals surface area contributed by atoms with Gasteiger partial charge in [0.2, 0.25) is 0 Å². The van der Waals surface area contributed by atoms with Gasteiger partial charge < -0.3 is 15.4 Å². The SMILES string of the molecule is CCc1c(C)sc(NC(=S)NCc2ccc(F)cc2)c1C(=O)OC. The second kappa shape index (κ2) is 8.21. The van der Waals surface area contributed by atoms with E-state index in [1.165, 1.54) is 30.6 Å². The highest BCUT2D eigenvalue weighted by Crippen LogP contribution is 2.33. The number of ether oxygens (including phenoxy) is 1. The number of hydrogen-bond donors (Lipinski definition) is 2. The molecule has 1 heterocycles. The van der Waals surface area contributed by atoms with Gasteiger partial charge in [0.25, 0.3) is 0 Å². The average molecular weight is 366 g/mol. The monoisotopic (exact) mass is 366 g/mol. The summed E-state index contributed by atoms with van der Waals surface area (Å²) in [6, 6.07) is 6.18. The molecule has 0 saturated carbocycles. The van der Waals surface area contributed by atoms with Crippen molar-refractivity contribution >= 4 is 39.6 Å². The van der Waals surface area contributed by atoms with E-state index in [4.69, 9.17) is 17.0 Å². The van der Waals surface area contributed by atoms with Crippen molar-refractivity contribution in [3.63, 3.8) is 0 Å². The molecule has 128 valence electrons. The van der Waals surface area contributed by atoms with Gasteiger partial charge in [-0.2, -0.15) is 0 Å². The predicted octanol–water partition coefficient (Wildman–Crippen LogP) is 4.03. The van der Waals surface area contributed by atoms with Crippen molar-refractivity contribution in [3.8, 4) is 0 Å². The normalized spacial score (nSPS) is 10.3. The third-order valence-electron chi connectivity index (χ3n) is 3.55. The summed E-state index contributed by atoms with van der Waals surface area (Å²) in [4.78, 5) is 13.1.